The van der Waals surface area contributed by atoms with E-state index in [1.807, 2.05) is 19.6 Å². The molecule has 0 amide bonds. The zero-order valence-corrected chi connectivity index (χ0v) is 30.0. The molecule has 1 saturated carbocycles. The molecule has 1 rings (SSSR count). The highest BCUT2D eigenvalue weighted by Gasteiger charge is 2.42. The second-order valence-electron chi connectivity index (χ2n) is 13.8. The maximum atomic E-state index is 12.0. The van der Waals surface area contributed by atoms with Crippen LogP contribution in [0.1, 0.15) is 64.7 Å². The molecular formula is C30H59NO5Si3. The summed E-state index contributed by atoms with van der Waals surface area (Å²) in [5.41, 5.74) is 1.06. The number of unbranched alkanes of at least 4 members (excludes halogenated alkanes) is 3. The van der Waals surface area contributed by atoms with Gasteiger partial charge >= 0.3 is 0 Å². The Morgan fingerprint density at radius 1 is 0.974 bits per heavy atom. The van der Waals surface area contributed by atoms with E-state index in [0.717, 1.165) is 37.8 Å². The molecule has 0 aromatic carbocycles. The van der Waals surface area contributed by atoms with Gasteiger partial charge < -0.3 is 18.1 Å². The summed E-state index contributed by atoms with van der Waals surface area (Å²) in [5, 5.41) is 4.47. The van der Waals surface area contributed by atoms with Crippen LogP contribution in [-0.2, 0) is 22.9 Å². The average Bonchev–Trinajstić information content (AvgIpc) is 3.06. The second kappa shape index (κ2) is 17.1. The quantitative estimate of drug-likeness (QED) is 0.0684. The standard InChI is InChI=1S/C30H59NO5Si3/c1-12-13-16-19-25(34-37(3,4)5)22-23-26-27(29(35-38(6,7)8)24-28(26)31-33-2)20-17-14-15-18-21-30(32)36-39(9,10)11/h14,17,22-23,25-27,29H,12-13,15-16,18-21,24H2,1-11H3/b17-14-,23-22+,31-28+/t25-,26-,27-,29-/m0/s1. The lowest BCUT2D eigenvalue weighted by atomic mass is 9.89. The number of carbonyl (C=O) groups is 1. The molecule has 39 heavy (non-hydrogen) atoms. The lowest BCUT2D eigenvalue weighted by Crippen LogP contribution is -2.35. The summed E-state index contributed by atoms with van der Waals surface area (Å²) in [7, 11) is -3.61. The fourth-order valence-electron chi connectivity index (χ4n) is 4.94. The van der Waals surface area contributed by atoms with Crippen LogP contribution < -0.4 is 0 Å². The number of rotatable bonds is 18. The Labute approximate surface area is 243 Å². The van der Waals surface area contributed by atoms with Crippen LogP contribution in [0.25, 0.3) is 0 Å². The van der Waals surface area contributed by atoms with E-state index < -0.39 is 25.0 Å². The van der Waals surface area contributed by atoms with E-state index in [1.165, 1.54) is 19.3 Å². The molecule has 4 atom stereocenters. The number of nitrogens with zero attached hydrogens (tertiary/aromatic N) is 1. The van der Waals surface area contributed by atoms with E-state index in [1.54, 1.807) is 7.11 Å². The summed E-state index contributed by atoms with van der Waals surface area (Å²) < 4.78 is 18.8. The number of oxime groups is 1. The molecule has 1 aliphatic carbocycles. The van der Waals surface area contributed by atoms with Crippen molar-refractivity contribution >= 4 is 36.6 Å². The van der Waals surface area contributed by atoms with Crippen molar-refractivity contribution in [2.45, 2.75) is 136 Å². The molecule has 0 aromatic heterocycles. The minimum absolute atomic E-state index is 0.0680. The number of carbonyl (C=O) groups excluding carboxylic acids is 1. The normalized spacial score (nSPS) is 22.7. The topological polar surface area (TPSA) is 66.4 Å². The minimum atomic E-state index is -1.81. The van der Waals surface area contributed by atoms with Gasteiger partial charge in [-0.3, -0.25) is 4.79 Å². The Kier molecular flexibility index (Phi) is 15.8. The summed E-state index contributed by atoms with van der Waals surface area (Å²) in [5.74, 6) is 0.376. The molecule has 0 spiro atoms. The molecule has 0 unspecified atom stereocenters. The van der Waals surface area contributed by atoms with E-state index in [9.17, 15) is 4.79 Å². The van der Waals surface area contributed by atoms with Gasteiger partial charge in [0.15, 0.2) is 16.6 Å². The first-order chi connectivity index (χ1) is 18.0. The van der Waals surface area contributed by atoms with Crippen LogP contribution >= 0.6 is 0 Å². The van der Waals surface area contributed by atoms with Gasteiger partial charge in [-0.2, -0.15) is 0 Å². The van der Waals surface area contributed by atoms with E-state index in [0.29, 0.717) is 6.42 Å². The third kappa shape index (κ3) is 16.8. The highest BCUT2D eigenvalue weighted by atomic mass is 28.4. The molecule has 0 heterocycles. The lowest BCUT2D eigenvalue weighted by molar-refractivity contribution is -0.135. The Bertz CT molecular complexity index is 809. The summed E-state index contributed by atoms with van der Waals surface area (Å²) in [6.07, 6.45) is 17.9. The predicted molar refractivity (Wildman–Crippen MR) is 173 cm³/mol. The van der Waals surface area contributed by atoms with E-state index in [-0.39, 0.29) is 30.0 Å². The zero-order chi connectivity index (χ0) is 29.7. The first kappa shape index (κ1) is 36.0. The monoisotopic (exact) mass is 597 g/mol. The van der Waals surface area contributed by atoms with Gasteiger partial charge in [0.25, 0.3) is 5.97 Å². The third-order valence-electron chi connectivity index (χ3n) is 6.32. The van der Waals surface area contributed by atoms with Gasteiger partial charge in [0.05, 0.1) is 17.9 Å². The maximum absolute atomic E-state index is 12.0. The van der Waals surface area contributed by atoms with Crippen LogP contribution in [-0.4, -0.2) is 56.0 Å². The maximum Gasteiger partial charge on any atom is 0.292 e. The van der Waals surface area contributed by atoms with Crippen molar-refractivity contribution < 1.29 is 22.9 Å². The molecule has 0 N–H and O–H groups in total. The molecule has 0 aromatic rings. The molecule has 1 fully saturated rings. The van der Waals surface area contributed by atoms with Crippen molar-refractivity contribution in [3.63, 3.8) is 0 Å². The molecule has 0 saturated heterocycles. The number of hydrogen-bond acceptors (Lipinski definition) is 6. The number of allylic oxidation sites excluding steroid dienone is 3. The third-order valence-corrected chi connectivity index (χ3v) is 9.18. The highest BCUT2D eigenvalue weighted by Crippen LogP contribution is 2.38. The SMILES string of the molecule is CCCCC[C@@H](/C=C/[C@@H]1/C(=N/OC)C[C@H](O[Si](C)(C)C)[C@H]1C/C=C\CCCC(=O)O[Si](C)(C)C)O[Si](C)(C)C. The van der Waals surface area contributed by atoms with Crippen molar-refractivity contribution in [3.05, 3.63) is 24.3 Å². The van der Waals surface area contributed by atoms with Gasteiger partial charge in [0.2, 0.25) is 8.32 Å². The van der Waals surface area contributed by atoms with Crippen molar-refractivity contribution in [2.75, 3.05) is 7.11 Å². The van der Waals surface area contributed by atoms with Crippen LogP contribution in [0, 0.1) is 11.8 Å². The smallest absolute Gasteiger partial charge is 0.292 e. The second-order valence-corrected chi connectivity index (χ2v) is 27.1. The van der Waals surface area contributed by atoms with Gasteiger partial charge in [0.1, 0.15) is 7.11 Å². The van der Waals surface area contributed by atoms with Gasteiger partial charge in [-0.25, -0.2) is 0 Å². The summed E-state index contributed by atoms with van der Waals surface area (Å²) in [4.78, 5) is 17.3. The Hall–Kier alpha value is -1.01. The molecule has 0 aliphatic heterocycles. The van der Waals surface area contributed by atoms with Crippen LogP contribution in [0.15, 0.2) is 29.5 Å². The molecule has 0 bridgehead atoms. The first-order valence-corrected chi connectivity index (χ1v) is 25.3. The number of hydrogen-bond donors (Lipinski definition) is 0. The molecule has 0 radical (unpaired) electrons. The van der Waals surface area contributed by atoms with Crippen molar-refractivity contribution in [1.29, 1.82) is 0 Å². The lowest BCUT2D eigenvalue weighted by Gasteiger charge is -2.29. The molecule has 6 nitrogen and oxygen atoms in total. The minimum Gasteiger partial charge on any atom is -0.520 e. The van der Waals surface area contributed by atoms with Gasteiger partial charge in [-0.05, 0) is 90.5 Å². The van der Waals surface area contributed by atoms with Gasteiger partial charge in [0, 0.05) is 18.8 Å². The molecule has 226 valence electrons. The Morgan fingerprint density at radius 2 is 1.67 bits per heavy atom. The van der Waals surface area contributed by atoms with Crippen molar-refractivity contribution in [3.8, 4) is 0 Å². The average molecular weight is 598 g/mol. The molecular weight excluding hydrogens is 539 g/mol. The van der Waals surface area contributed by atoms with E-state index in [2.05, 4.69) is 75.7 Å². The van der Waals surface area contributed by atoms with Gasteiger partial charge in [-0.15, -0.1) is 0 Å². The largest absolute Gasteiger partial charge is 0.520 e. The van der Waals surface area contributed by atoms with Crippen molar-refractivity contribution in [1.82, 2.24) is 0 Å². The molecule has 9 heteroatoms. The van der Waals surface area contributed by atoms with Crippen LogP contribution in [0.3, 0.4) is 0 Å². The highest BCUT2D eigenvalue weighted by molar-refractivity contribution is 6.71. The molecule has 1 aliphatic rings. The predicted octanol–water partition coefficient (Wildman–Crippen LogP) is 8.70. The van der Waals surface area contributed by atoms with E-state index >= 15 is 0 Å². The summed E-state index contributed by atoms with van der Waals surface area (Å²) >= 11 is 0. The van der Waals surface area contributed by atoms with Crippen molar-refractivity contribution in [2.24, 2.45) is 17.0 Å². The van der Waals surface area contributed by atoms with Crippen LogP contribution in [0.2, 0.25) is 58.9 Å². The fraction of sp³-hybridized carbons (Fsp3) is 0.800. The van der Waals surface area contributed by atoms with Crippen LogP contribution in [0.5, 0.6) is 0 Å². The Balaban J connectivity index is 3.03. The zero-order valence-electron chi connectivity index (χ0n) is 27.0. The summed E-state index contributed by atoms with van der Waals surface area (Å²) in [6, 6.07) is 0. The summed E-state index contributed by atoms with van der Waals surface area (Å²) in [6.45, 7) is 21.9. The van der Waals surface area contributed by atoms with Crippen LogP contribution in [0.4, 0.5) is 0 Å². The Morgan fingerprint density at radius 3 is 2.23 bits per heavy atom. The van der Waals surface area contributed by atoms with E-state index in [4.69, 9.17) is 18.1 Å². The van der Waals surface area contributed by atoms with Gasteiger partial charge in [-0.1, -0.05) is 55.6 Å². The fourth-order valence-corrected chi connectivity index (χ4v) is 7.99. The first-order valence-electron chi connectivity index (χ1n) is 15.1.